The Kier molecular flexibility index (Phi) is 7.10. The summed E-state index contributed by atoms with van der Waals surface area (Å²) in [5.74, 6) is 0.649. The fourth-order valence-electron chi connectivity index (χ4n) is 3.04. The number of amides is 1. The summed E-state index contributed by atoms with van der Waals surface area (Å²) in [5.41, 5.74) is 1.90. The molecule has 1 fully saturated rings. The van der Waals surface area contributed by atoms with Crippen LogP contribution in [0.3, 0.4) is 0 Å². The lowest BCUT2D eigenvalue weighted by Crippen LogP contribution is -2.29. The normalized spacial score (nSPS) is 14.8. The number of aryl methyl sites for hydroxylation is 1. The fourth-order valence-corrected chi connectivity index (χ4v) is 3.04. The van der Waals surface area contributed by atoms with E-state index in [0.717, 1.165) is 12.0 Å². The number of oxime groups is 1. The number of benzene rings is 1. The van der Waals surface area contributed by atoms with Gasteiger partial charge in [-0.3, -0.25) is 4.79 Å². The lowest BCUT2D eigenvalue weighted by atomic mass is 10.1. The molecule has 0 spiro atoms. The van der Waals surface area contributed by atoms with Crippen LogP contribution in [0, 0.1) is 0 Å². The van der Waals surface area contributed by atoms with E-state index in [2.05, 4.69) is 31.0 Å². The van der Waals surface area contributed by atoms with Crippen LogP contribution in [0.1, 0.15) is 29.9 Å². The number of tetrazole rings is 1. The van der Waals surface area contributed by atoms with Gasteiger partial charge in [-0.1, -0.05) is 41.6 Å². The van der Waals surface area contributed by atoms with E-state index < -0.39 is 6.29 Å². The van der Waals surface area contributed by atoms with Gasteiger partial charge in [-0.2, -0.15) is 0 Å². The van der Waals surface area contributed by atoms with Gasteiger partial charge in [0.2, 0.25) is 11.7 Å². The number of rotatable bonds is 8. The lowest BCUT2D eigenvalue weighted by molar-refractivity contribution is -0.182. The third-order valence-electron chi connectivity index (χ3n) is 4.57. The summed E-state index contributed by atoms with van der Waals surface area (Å²) in [7, 11) is 1.73. The Balaban J connectivity index is 1.40. The summed E-state index contributed by atoms with van der Waals surface area (Å²) in [5, 5.41) is 18.6. The van der Waals surface area contributed by atoms with E-state index in [4.69, 9.17) is 14.3 Å². The Morgan fingerprint density at radius 3 is 2.75 bits per heavy atom. The molecule has 11 heteroatoms. The zero-order valence-corrected chi connectivity index (χ0v) is 17.5. The van der Waals surface area contributed by atoms with Crippen LogP contribution in [0.2, 0.25) is 0 Å². The van der Waals surface area contributed by atoms with E-state index in [1.807, 2.05) is 30.3 Å². The van der Waals surface area contributed by atoms with Gasteiger partial charge in [-0.05, 0) is 29.0 Å². The van der Waals surface area contributed by atoms with Gasteiger partial charge in [-0.25, -0.2) is 9.67 Å². The van der Waals surface area contributed by atoms with Crippen molar-refractivity contribution >= 4 is 17.4 Å². The monoisotopic (exact) mass is 437 g/mol. The number of anilines is 1. The number of pyridine rings is 1. The van der Waals surface area contributed by atoms with Crippen LogP contribution in [-0.4, -0.2) is 56.3 Å². The molecule has 3 heterocycles. The Morgan fingerprint density at radius 2 is 2.00 bits per heavy atom. The number of ether oxygens (including phenoxy) is 2. The van der Waals surface area contributed by atoms with Crippen LogP contribution < -0.4 is 5.32 Å². The Labute approximate surface area is 184 Å². The second-order valence-electron chi connectivity index (χ2n) is 7.00. The van der Waals surface area contributed by atoms with Gasteiger partial charge in [0.25, 0.3) is 0 Å². The highest BCUT2D eigenvalue weighted by molar-refractivity contribution is 6.10. The predicted octanol–water partition coefficient (Wildman–Crippen LogP) is 1.67. The van der Waals surface area contributed by atoms with Crippen LogP contribution >= 0.6 is 0 Å². The first-order valence-electron chi connectivity index (χ1n) is 10.2. The van der Waals surface area contributed by atoms with Gasteiger partial charge < -0.3 is 19.6 Å². The Hall–Kier alpha value is -3.70. The molecule has 32 heavy (non-hydrogen) atoms. The van der Waals surface area contributed by atoms with E-state index in [9.17, 15) is 4.79 Å². The Bertz CT molecular complexity index is 1060. The molecule has 11 nitrogen and oxygen atoms in total. The molecule has 0 unspecified atom stereocenters. The maximum Gasteiger partial charge on any atom is 0.230 e. The summed E-state index contributed by atoms with van der Waals surface area (Å²) < 4.78 is 12.3. The van der Waals surface area contributed by atoms with Crippen molar-refractivity contribution in [3.63, 3.8) is 0 Å². The molecule has 0 radical (unpaired) electrons. The molecule has 3 aromatic rings. The molecule has 1 N–H and O–H groups in total. The van der Waals surface area contributed by atoms with Crippen LogP contribution in [0.5, 0.6) is 0 Å². The van der Waals surface area contributed by atoms with Crippen molar-refractivity contribution in [3.05, 3.63) is 65.6 Å². The summed E-state index contributed by atoms with van der Waals surface area (Å²) >= 11 is 0. The van der Waals surface area contributed by atoms with Crippen molar-refractivity contribution < 1.29 is 19.1 Å². The molecule has 4 rings (SSSR count). The number of carbonyl (C=O) groups is 1. The zero-order valence-electron chi connectivity index (χ0n) is 17.5. The van der Waals surface area contributed by atoms with Crippen molar-refractivity contribution in [2.75, 3.05) is 18.5 Å². The van der Waals surface area contributed by atoms with Gasteiger partial charge in [-0.15, -0.1) is 5.10 Å². The van der Waals surface area contributed by atoms with Crippen LogP contribution in [0.15, 0.2) is 53.7 Å². The van der Waals surface area contributed by atoms with Gasteiger partial charge in [0.05, 0.1) is 25.3 Å². The second kappa shape index (κ2) is 10.6. The molecule has 1 amide bonds. The van der Waals surface area contributed by atoms with Gasteiger partial charge in [0.1, 0.15) is 5.82 Å². The molecule has 1 aromatic carbocycles. The summed E-state index contributed by atoms with van der Waals surface area (Å²) in [6, 6.07) is 14.8. The van der Waals surface area contributed by atoms with E-state index >= 15 is 0 Å². The van der Waals surface area contributed by atoms with Crippen molar-refractivity contribution in [1.82, 2.24) is 25.2 Å². The van der Waals surface area contributed by atoms with E-state index in [1.165, 1.54) is 4.68 Å². The minimum absolute atomic E-state index is 0.0974. The standard InChI is InChI=1S/C21H23N7O4/c1-28-21(24-26-27-28)20(15-7-3-2-4-8-15)25-32-14-16-9-5-10-17(22-16)23-18(29)13-19-30-11-6-12-31-19/h2-5,7-10,19H,6,11-14H2,1H3,(H,22,23,29). The summed E-state index contributed by atoms with van der Waals surface area (Å²) in [6.45, 7) is 1.29. The number of nitrogens with one attached hydrogen (secondary N) is 1. The topological polar surface area (TPSA) is 126 Å². The first-order valence-corrected chi connectivity index (χ1v) is 10.2. The maximum absolute atomic E-state index is 12.2. The van der Waals surface area contributed by atoms with Gasteiger partial charge in [0.15, 0.2) is 18.6 Å². The molecular formula is C21H23N7O4. The fraction of sp³-hybridized carbons (Fsp3) is 0.333. The summed E-state index contributed by atoms with van der Waals surface area (Å²) in [6.07, 6.45) is 0.429. The molecule has 2 aromatic heterocycles. The highest BCUT2D eigenvalue weighted by Crippen LogP contribution is 2.12. The smallest absolute Gasteiger partial charge is 0.230 e. The SMILES string of the molecule is Cn1nnnc1C(=NOCc1cccc(NC(=O)CC2OCCCO2)n1)c1ccccc1. The third-order valence-corrected chi connectivity index (χ3v) is 4.57. The number of carbonyl (C=O) groups excluding carboxylic acids is 1. The average molecular weight is 437 g/mol. The number of aromatic nitrogens is 5. The van der Waals surface area contributed by atoms with E-state index in [1.54, 1.807) is 25.2 Å². The quantitative estimate of drug-likeness (QED) is 0.417. The average Bonchev–Trinajstić information content (AvgIpc) is 3.23. The van der Waals surface area contributed by atoms with Crippen LogP contribution in [-0.2, 0) is 32.8 Å². The minimum Gasteiger partial charge on any atom is -0.389 e. The first kappa shape index (κ1) is 21.5. The molecule has 0 aliphatic carbocycles. The number of nitrogens with zero attached hydrogens (tertiary/aromatic N) is 6. The van der Waals surface area contributed by atoms with Crippen LogP contribution in [0.25, 0.3) is 0 Å². The largest absolute Gasteiger partial charge is 0.389 e. The highest BCUT2D eigenvalue weighted by atomic mass is 16.7. The highest BCUT2D eigenvalue weighted by Gasteiger charge is 2.19. The van der Waals surface area contributed by atoms with Crippen molar-refractivity contribution in [2.24, 2.45) is 12.2 Å². The van der Waals surface area contributed by atoms with Crippen molar-refractivity contribution in [1.29, 1.82) is 0 Å². The maximum atomic E-state index is 12.2. The number of hydrogen-bond acceptors (Lipinski definition) is 9. The Morgan fingerprint density at radius 1 is 1.19 bits per heavy atom. The number of hydrogen-bond donors (Lipinski definition) is 1. The van der Waals surface area contributed by atoms with E-state index in [0.29, 0.717) is 36.3 Å². The summed E-state index contributed by atoms with van der Waals surface area (Å²) in [4.78, 5) is 22.2. The molecule has 1 aliphatic rings. The molecule has 1 aliphatic heterocycles. The molecule has 0 saturated carbocycles. The molecule has 1 saturated heterocycles. The minimum atomic E-state index is -0.517. The first-order chi connectivity index (χ1) is 15.7. The zero-order chi connectivity index (χ0) is 22.2. The predicted molar refractivity (Wildman–Crippen MR) is 113 cm³/mol. The molecule has 166 valence electrons. The van der Waals surface area contributed by atoms with Crippen molar-refractivity contribution in [2.45, 2.75) is 25.7 Å². The second-order valence-corrected chi connectivity index (χ2v) is 7.00. The van der Waals surface area contributed by atoms with Crippen molar-refractivity contribution in [3.8, 4) is 0 Å². The lowest BCUT2D eigenvalue weighted by Gasteiger charge is -2.22. The van der Waals surface area contributed by atoms with Crippen LogP contribution in [0.4, 0.5) is 5.82 Å². The molecule has 0 atom stereocenters. The molecule has 0 bridgehead atoms. The van der Waals surface area contributed by atoms with Gasteiger partial charge >= 0.3 is 0 Å². The third kappa shape index (κ3) is 5.71. The van der Waals surface area contributed by atoms with Gasteiger partial charge in [0, 0.05) is 12.6 Å². The molecular weight excluding hydrogens is 414 g/mol. The van der Waals surface area contributed by atoms with E-state index in [-0.39, 0.29) is 18.9 Å².